The normalized spacial score (nSPS) is 28.8. The lowest BCUT2D eigenvalue weighted by Gasteiger charge is -2.39. The molecule has 1 aromatic carbocycles. The molecule has 1 saturated carbocycles. The van der Waals surface area contributed by atoms with Crippen LogP contribution in [0.3, 0.4) is 0 Å². The summed E-state index contributed by atoms with van der Waals surface area (Å²) in [4.78, 5) is 12.1. The van der Waals surface area contributed by atoms with Crippen LogP contribution in [0.2, 0.25) is 18.1 Å². The third-order valence-electron chi connectivity index (χ3n) is 9.29. The summed E-state index contributed by atoms with van der Waals surface area (Å²) < 4.78 is 38.2. The van der Waals surface area contributed by atoms with E-state index in [1.807, 2.05) is 24.3 Å². The smallest absolute Gasteiger partial charge is 0.202 e. The molecule has 4 rings (SSSR count). The van der Waals surface area contributed by atoms with Crippen molar-refractivity contribution in [1.82, 2.24) is 0 Å². The molecule has 2 aliphatic heterocycles. The van der Waals surface area contributed by atoms with Crippen molar-refractivity contribution in [3.05, 3.63) is 42.0 Å². The van der Waals surface area contributed by atoms with E-state index in [1.54, 1.807) is 0 Å². The highest BCUT2D eigenvalue weighted by Gasteiger charge is 2.48. The number of ether oxygens (including phenoxy) is 5. The minimum atomic E-state index is -2.13. The van der Waals surface area contributed by atoms with Crippen LogP contribution < -0.4 is 4.74 Å². The quantitative estimate of drug-likeness (QED) is 0.110. The van der Waals surface area contributed by atoms with Crippen molar-refractivity contribution in [3.8, 4) is 17.6 Å². The van der Waals surface area contributed by atoms with Crippen molar-refractivity contribution < 1.29 is 32.9 Å². The van der Waals surface area contributed by atoms with Gasteiger partial charge < -0.3 is 28.1 Å². The Morgan fingerprint density at radius 2 is 1.68 bits per heavy atom. The lowest BCUT2D eigenvalue weighted by molar-refractivity contribution is -0.193. The summed E-state index contributed by atoms with van der Waals surface area (Å²) in [6.45, 7) is 16.6. The highest BCUT2D eigenvalue weighted by Crippen LogP contribution is 2.44. The van der Waals surface area contributed by atoms with Gasteiger partial charge in [-0.15, -0.1) is 0 Å². The van der Waals surface area contributed by atoms with Gasteiger partial charge in [-0.1, -0.05) is 56.5 Å². The summed E-state index contributed by atoms with van der Waals surface area (Å²) in [6.07, 6.45) is 9.76. The molecule has 0 radical (unpaired) electrons. The largest absolute Gasteiger partial charge is 0.491 e. The van der Waals surface area contributed by atoms with Gasteiger partial charge in [-0.3, -0.25) is 4.79 Å². The van der Waals surface area contributed by atoms with E-state index in [2.05, 4.69) is 64.8 Å². The first-order valence-corrected chi connectivity index (χ1v) is 19.4. The van der Waals surface area contributed by atoms with E-state index in [1.165, 1.54) is 12.5 Å². The van der Waals surface area contributed by atoms with E-state index < -0.39 is 8.32 Å². The molecule has 3 aliphatic rings. The van der Waals surface area contributed by atoms with Gasteiger partial charge in [-0.25, -0.2) is 0 Å². The summed E-state index contributed by atoms with van der Waals surface area (Å²) in [7, 11) is -2.13. The molecule has 7 nitrogen and oxygen atoms in total. The van der Waals surface area contributed by atoms with Gasteiger partial charge in [0.05, 0.1) is 18.1 Å². The third kappa shape index (κ3) is 10.3. The molecule has 8 heteroatoms. The van der Waals surface area contributed by atoms with E-state index in [4.69, 9.17) is 28.1 Å². The Balaban J connectivity index is 1.61. The van der Waals surface area contributed by atoms with Crippen molar-refractivity contribution in [3.63, 3.8) is 0 Å². The average Bonchev–Trinajstić information content (AvgIpc) is 3.29. The van der Waals surface area contributed by atoms with Crippen LogP contribution >= 0.6 is 0 Å². The molecule has 0 aromatic heterocycles. The Bertz CT molecular complexity index is 1130. The molecule has 2 saturated heterocycles. The van der Waals surface area contributed by atoms with Crippen LogP contribution in [0.15, 0.2) is 36.4 Å². The Kier molecular flexibility index (Phi) is 12.7. The van der Waals surface area contributed by atoms with Crippen molar-refractivity contribution in [2.45, 2.75) is 129 Å². The second kappa shape index (κ2) is 16.0. The van der Waals surface area contributed by atoms with Crippen molar-refractivity contribution in [1.29, 1.82) is 0 Å². The second-order valence-corrected chi connectivity index (χ2v) is 18.8. The summed E-state index contributed by atoms with van der Waals surface area (Å²) in [6, 6.07) is 8.04. The third-order valence-corrected chi connectivity index (χ3v) is 13.8. The second-order valence-electron chi connectivity index (χ2n) is 14.0. The lowest BCUT2D eigenvalue weighted by Crippen LogP contribution is -2.45. The first-order valence-electron chi connectivity index (χ1n) is 16.5. The molecule has 7 atom stereocenters. The monoisotopic (exact) mass is 626 g/mol. The summed E-state index contributed by atoms with van der Waals surface area (Å²) >= 11 is 0. The van der Waals surface area contributed by atoms with Crippen molar-refractivity contribution in [2.24, 2.45) is 11.8 Å². The molecule has 7 unspecified atom stereocenters. The van der Waals surface area contributed by atoms with Crippen LogP contribution in [-0.4, -0.2) is 64.8 Å². The van der Waals surface area contributed by atoms with Crippen LogP contribution in [-0.2, 0) is 28.2 Å². The minimum Gasteiger partial charge on any atom is -0.491 e. The van der Waals surface area contributed by atoms with E-state index >= 15 is 0 Å². The van der Waals surface area contributed by atoms with Crippen LogP contribution in [0.1, 0.15) is 78.2 Å². The maximum Gasteiger partial charge on any atom is 0.202 e. The summed E-state index contributed by atoms with van der Waals surface area (Å²) in [5.74, 6) is 6.50. The Hall–Kier alpha value is -1.99. The van der Waals surface area contributed by atoms with E-state index in [0.29, 0.717) is 26.2 Å². The standard InChI is InChI=1S/C36H54O7Si/c1-26-14-17-28(18-15-26)40-25-29(41-34-12-8-10-22-38-34)19-21-30-31(20-16-27(2)37)33(43-44(6,7)36(3,4)5)24-32(30)42-35-13-9-11-23-39-35/h14-15,17-19,21,29-35H,8-13,22-25H2,1-7H3. The zero-order valence-corrected chi connectivity index (χ0v) is 28.9. The molecule has 0 N–H and O–H groups in total. The van der Waals surface area contributed by atoms with Crippen LogP contribution in [0.4, 0.5) is 0 Å². The maximum atomic E-state index is 12.1. The molecule has 1 aliphatic carbocycles. The maximum absolute atomic E-state index is 12.1. The topological polar surface area (TPSA) is 72.5 Å². The fourth-order valence-electron chi connectivity index (χ4n) is 5.68. The predicted molar refractivity (Wildman–Crippen MR) is 175 cm³/mol. The molecule has 1 aromatic rings. The Morgan fingerprint density at radius 1 is 1.02 bits per heavy atom. The van der Waals surface area contributed by atoms with Gasteiger partial charge >= 0.3 is 0 Å². The summed E-state index contributed by atoms with van der Waals surface area (Å²) in [5.41, 5.74) is 1.18. The fraction of sp³-hybridized carbons (Fsp3) is 0.694. The highest BCUT2D eigenvalue weighted by atomic mass is 28.4. The van der Waals surface area contributed by atoms with Crippen LogP contribution in [0.25, 0.3) is 0 Å². The van der Waals surface area contributed by atoms with Crippen LogP contribution in [0.5, 0.6) is 5.75 Å². The molecule has 3 fully saturated rings. The van der Waals surface area contributed by atoms with Gasteiger partial charge in [-0.05, 0) is 81.6 Å². The van der Waals surface area contributed by atoms with Gasteiger partial charge in [0.25, 0.3) is 0 Å². The average molecular weight is 627 g/mol. The number of hydrogen-bond acceptors (Lipinski definition) is 7. The van der Waals surface area contributed by atoms with Gasteiger partial charge in [0, 0.05) is 32.5 Å². The molecule has 244 valence electrons. The predicted octanol–water partition coefficient (Wildman–Crippen LogP) is 7.37. The van der Waals surface area contributed by atoms with E-state index in [9.17, 15) is 4.79 Å². The SMILES string of the molecule is CC(=O)C#CC1C(O[Si](C)(C)C(C)(C)C)CC(OC2CCCCO2)C1C=CC(COc1ccc(C)cc1)OC1CCCCO1. The fourth-order valence-corrected chi connectivity index (χ4v) is 7.04. The van der Waals surface area contributed by atoms with Crippen LogP contribution in [0, 0.1) is 30.6 Å². The number of carbonyl (C=O) groups excluding carboxylic acids is 1. The van der Waals surface area contributed by atoms with Gasteiger partial charge in [-0.2, -0.15) is 0 Å². The number of ketones is 1. The summed E-state index contributed by atoms with van der Waals surface area (Å²) in [5, 5.41) is 0.0363. The Morgan fingerprint density at radius 3 is 2.27 bits per heavy atom. The molecule has 2 heterocycles. The first-order chi connectivity index (χ1) is 20.9. The van der Waals surface area contributed by atoms with Crippen molar-refractivity contribution >= 4 is 14.1 Å². The number of benzene rings is 1. The molecule has 0 bridgehead atoms. The van der Waals surface area contributed by atoms with Crippen molar-refractivity contribution in [2.75, 3.05) is 19.8 Å². The number of hydrogen-bond donors (Lipinski definition) is 0. The van der Waals surface area contributed by atoms with E-state index in [0.717, 1.165) is 44.3 Å². The molecule has 44 heavy (non-hydrogen) atoms. The minimum absolute atomic E-state index is 0.0363. The number of carbonyl (C=O) groups is 1. The zero-order chi connectivity index (χ0) is 31.7. The molecular weight excluding hydrogens is 572 g/mol. The first kappa shape index (κ1) is 34.9. The molecule has 0 spiro atoms. The van der Waals surface area contributed by atoms with Gasteiger partial charge in [0.1, 0.15) is 18.5 Å². The van der Waals surface area contributed by atoms with Gasteiger partial charge in [0.15, 0.2) is 20.9 Å². The Labute approximate surface area is 266 Å². The molecular formula is C36H54O7Si. The van der Waals surface area contributed by atoms with Gasteiger partial charge in [0.2, 0.25) is 5.78 Å². The number of rotatable bonds is 11. The zero-order valence-electron chi connectivity index (χ0n) is 27.9. The molecule has 0 amide bonds. The van der Waals surface area contributed by atoms with E-state index in [-0.39, 0.29) is 53.5 Å². The lowest BCUT2D eigenvalue weighted by atomic mass is 9.93. The number of aryl methyl sites for hydroxylation is 1. The number of Topliss-reactive ketones (excluding diaryl/α,β-unsaturated/α-hetero) is 1. The highest BCUT2D eigenvalue weighted by molar-refractivity contribution is 6.74.